The lowest BCUT2D eigenvalue weighted by molar-refractivity contribution is 0.254. The lowest BCUT2D eigenvalue weighted by Crippen LogP contribution is -2.38. The number of hydrogen-bond acceptors (Lipinski definition) is 3. The SMILES string of the molecule is CC(NCCN(C)CCN1CCCC1)C1CC1. The minimum Gasteiger partial charge on any atom is -0.313 e. The molecule has 3 nitrogen and oxygen atoms in total. The number of likely N-dealkylation sites (N-methyl/N-ethyl adjacent to an activating group) is 1. The Morgan fingerprint density at radius 2 is 1.94 bits per heavy atom. The van der Waals surface area contributed by atoms with E-state index in [0.717, 1.165) is 18.5 Å². The van der Waals surface area contributed by atoms with Crippen LogP contribution in [0.4, 0.5) is 0 Å². The zero-order chi connectivity index (χ0) is 12.1. The van der Waals surface area contributed by atoms with Crippen molar-refractivity contribution in [2.75, 3.05) is 46.3 Å². The van der Waals surface area contributed by atoms with Crippen LogP contribution >= 0.6 is 0 Å². The molecule has 0 aromatic heterocycles. The van der Waals surface area contributed by atoms with Crippen molar-refractivity contribution < 1.29 is 0 Å². The van der Waals surface area contributed by atoms with Crippen molar-refractivity contribution in [3.8, 4) is 0 Å². The maximum absolute atomic E-state index is 3.65. The fourth-order valence-corrected chi connectivity index (χ4v) is 2.68. The van der Waals surface area contributed by atoms with Crippen molar-refractivity contribution in [2.24, 2.45) is 5.92 Å². The van der Waals surface area contributed by atoms with Crippen LogP contribution < -0.4 is 5.32 Å². The van der Waals surface area contributed by atoms with Gasteiger partial charge in [-0.2, -0.15) is 0 Å². The van der Waals surface area contributed by atoms with Crippen molar-refractivity contribution in [1.29, 1.82) is 0 Å². The van der Waals surface area contributed by atoms with Gasteiger partial charge in [-0.1, -0.05) is 0 Å². The molecule has 1 aliphatic heterocycles. The fraction of sp³-hybridized carbons (Fsp3) is 1.00. The Balaban J connectivity index is 1.46. The minimum atomic E-state index is 0.738. The molecule has 1 heterocycles. The molecule has 1 saturated carbocycles. The third-order valence-corrected chi connectivity index (χ3v) is 4.29. The van der Waals surface area contributed by atoms with Gasteiger partial charge in [0.1, 0.15) is 0 Å². The second kappa shape index (κ2) is 6.72. The lowest BCUT2D eigenvalue weighted by atomic mass is 10.2. The smallest absolute Gasteiger partial charge is 0.0109 e. The summed E-state index contributed by atoms with van der Waals surface area (Å²) in [5.74, 6) is 0.977. The van der Waals surface area contributed by atoms with Crippen LogP contribution in [0, 0.1) is 5.92 Å². The third-order valence-electron chi connectivity index (χ3n) is 4.29. The summed E-state index contributed by atoms with van der Waals surface area (Å²) < 4.78 is 0. The number of rotatable bonds is 8. The summed E-state index contributed by atoms with van der Waals surface area (Å²) in [6.45, 7) is 9.80. The summed E-state index contributed by atoms with van der Waals surface area (Å²) in [6, 6.07) is 0.738. The predicted molar refractivity (Wildman–Crippen MR) is 73.4 cm³/mol. The number of nitrogens with zero attached hydrogens (tertiary/aromatic N) is 2. The van der Waals surface area contributed by atoms with Gasteiger partial charge in [-0.05, 0) is 58.7 Å². The highest BCUT2D eigenvalue weighted by atomic mass is 15.2. The van der Waals surface area contributed by atoms with E-state index in [9.17, 15) is 0 Å². The zero-order valence-corrected chi connectivity index (χ0v) is 11.6. The zero-order valence-electron chi connectivity index (χ0n) is 11.6. The van der Waals surface area contributed by atoms with E-state index in [-0.39, 0.29) is 0 Å². The highest BCUT2D eigenvalue weighted by Gasteiger charge is 2.27. The van der Waals surface area contributed by atoms with E-state index in [4.69, 9.17) is 0 Å². The Hall–Kier alpha value is -0.120. The largest absolute Gasteiger partial charge is 0.313 e. The topological polar surface area (TPSA) is 18.5 Å². The second-order valence-corrected chi connectivity index (χ2v) is 5.93. The van der Waals surface area contributed by atoms with Crippen LogP contribution in [-0.4, -0.2) is 62.2 Å². The van der Waals surface area contributed by atoms with Gasteiger partial charge in [0.15, 0.2) is 0 Å². The molecule has 0 aromatic carbocycles. The normalized spacial score (nSPS) is 23.5. The van der Waals surface area contributed by atoms with E-state index in [2.05, 4.69) is 29.1 Å². The monoisotopic (exact) mass is 239 g/mol. The van der Waals surface area contributed by atoms with Crippen molar-refractivity contribution in [2.45, 2.75) is 38.6 Å². The molecule has 2 fully saturated rings. The van der Waals surface area contributed by atoms with Crippen molar-refractivity contribution in [3.63, 3.8) is 0 Å². The van der Waals surface area contributed by atoms with Crippen LogP contribution in [0.1, 0.15) is 32.6 Å². The van der Waals surface area contributed by atoms with E-state index in [0.29, 0.717) is 0 Å². The molecular formula is C14H29N3. The number of nitrogens with one attached hydrogen (secondary N) is 1. The molecule has 2 aliphatic rings. The summed E-state index contributed by atoms with van der Waals surface area (Å²) >= 11 is 0. The maximum Gasteiger partial charge on any atom is 0.0109 e. The average Bonchev–Trinajstić information content (AvgIpc) is 3.04. The van der Waals surface area contributed by atoms with E-state index >= 15 is 0 Å². The summed E-state index contributed by atoms with van der Waals surface area (Å²) in [6.07, 6.45) is 5.70. The van der Waals surface area contributed by atoms with Crippen LogP contribution in [-0.2, 0) is 0 Å². The molecule has 0 spiro atoms. The Labute approximate surface area is 107 Å². The predicted octanol–water partition coefficient (Wildman–Crippen LogP) is 1.40. The van der Waals surface area contributed by atoms with Crippen LogP contribution in [0.2, 0.25) is 0 Å². The maximum atomic E-state index is 3.65. The van der Waals surface area contributed by atoms with Gasteiger partial charge in [0.2, 0.25) is 0 Å². The van der Waals surface area contributed by atoms with Crippen LogP contribution in [0.15, 0.2) is 0 Å². The molecule has 0 radical (unpaired) electrons. The van der Waals surface area contributed by atoms with Crippen LogP contribution in [0.25, 0.3) is 0 Å². The number of likely N-dealkylation sites (tertiary alicyclic amines) is 1. The molecule has 0 bridgehead atoms. The van der Waals surface area contributed by atoms with Gasteiger partial charge in [-0.15, -0.1) is 0 Å². The first-order chi connectivity index (χ1) is 8.25. The number of hydrogen-bond donors (Lipinski definition) is 1. The summed E-state index contributed by atoms with van der Waals surface area (Å²) in [5.41, 5.74) is 0. The fourth-order valence-electron chi connectivity index (χ4n) is 2.68. The molecule has 1 atom stereocenters. The molecule has 2 rings (SSSR count). The Kier molecular flexibility index (Phi) is 5.26. The molecule has 3 heteroatoms. The summed E-state index contributed by atoms with van der Waals surface area (Å²) in [4.78, 5) is 5.06. The minimum absolute atomic E-state index is 0.738. The van der Waals surface area contributed by atoms with Gasteiger partial charge in [0.25, 0.3) is 0 Å². The molecule has 1 aliphatic carbocycles. The molecule has 0 aromatic rings. The molecule has 1 N–H and O–H groups in total. The van der Waals surface area contributed by atoms with Crippen molar-refractivity contribution in [1.82, 2.24) is 15.1 Å². The van der Waals surface area contributed by atoms with Gasteiger partial charge in [0, 0.05) is 32.2 Å². The third kappa shape index (κ3) is 4.94. The highest BCUT2D eigenvalue weighted by Crippen LogP contribution is 2.32. The van der Waals surface area contributed by atoms with Gasteiger partial charge < -0.3 is 15.1 Å². The Bertz CT molecular complexity index is 210. The summed E-state index contributed by atoms with van der Waals surface area (Å²) in [7, 11) is 2.25. The molecule has 1 unspecified atom stereocenters. The molecule has 100 valence electrons. The van der Waals surface area contributed by atoms with E-state index in [1.54, 1.807) is 0 Å². The first kappa shape index (κ1) is 13.3. The van der Waals surface area contributed by atoms with Gasteiger partial charge in [-0.25, -0.2) is 0 Å². The first-order valence-corrected chi connectivity index (χ1v) is 7.40. The van der Waals surface area contributed by atoms with Gasteiger partial charge >= 0.3 is 0 Å². The van der Waals surface area contributed by atoms with Crippen LogP contribution in [0.3, 0.4) is 0 Å². The standard InChI is InChI=1S/C14H29N3/c1-13(14-5-6-14)15-7-10-16(2)11-12-17-8-3-4-9-17/h13-15H,3-12H2,1-2H3. The molecule has 1 saturated heterocycles. The van der Waals surface area contributed by atoms with Crippen LogP contribution in [0.5, 0.6) is 0 Å². The van der Waals surface area contributed by atoms with Gasteiger partial charge in [0.05, 0.1) is 0 Å². The molecule has 0 amide bonds. The molecular weight excluding hydrogens is 210 g/mol. The lowest BCUT2D eigenvalue weighted by Gasteiger charge is -2.22. The van der Waals surface area contributed by atoms with E-state index in [1.165, 1.54) is 58.4 Å². The van der Waals surface area contributed by atoms with Crippen molar-refractivity contribution in [3.05, 3.63) is 0 Å². The molecule has 17 heavy (non-hydrogen) atoms. The summed E-state index contributed by atoms with van der Waals surface area (Å²) in [5, 5.41) is 3.65. The highest BCUT2D eigenvalue weighted by molar-refractivity contribution is 4.83. The Morgan fingerprint density at radius 3 is 2.59 bits per heavy atom. The first-order valence-electron chi connectivity index (χ1n) is 7.40. The van der Waals surface area contributed by atoms with E-state index in [1.807, 2.05) is 0 Å². The van der Waals surface area contributed by atoms with Crippen molar-refractivity contribution >= 4 is 0 Å². The average molecular weight is 239 g/mol. The van der Waals surface area contributed by atoms with Gasteiger partial charge in [-0.3, -0.25) is 0 Å². The Morgan fingerprint density at radius 1 is 1.24 bits per heavy atom. The van der Waals surface area contributed by atoms with E-state index < -0.39 is 0 Å². The quantitative estimate of drug-likeness (QED) is 0.691. The second-order valence-electron chi connectivity index (χ2n) is 5.93.